The van der Waals surface area contributed by atoms with Gasteiger partial charge >= 0.3 is 17.1 Å². The number of hydrogen-bond donors (Lipinski definition) is 0. The van der Waals surface area contributed by atoms with Crippen molar-refractivity contribution in [2.24, 2.45) is 0 Å². The quantitative estimate of drug-likeness (QED) is 0.382. The Hall–Kier alpha value is -2.48. The van der Waals surface area contributed by atoms with Crippen molar-refractivity contribution >= 4 is 0 Å². The standard InChI is InChI=1S/2C10H8N.Fe/c2*1-2-6-9(5-1)10-7-3-4-8-11-10;/h2*1-8H;/q2*-1;+2. The summed E-state index contributed by atoms with van der Waals surface area (Å²) in [7, 11) is 0. The van der Waals surface area contributed by atoms with Crippen LogP contribution in [0.4, 0.5) is 0 Å². The van der Waals surface area contributed by atoms with E-state index in [4.69, 9.17) is 0 Å². The molecule has 0 N–H and O–H groups in total. The van der Waals surface area contributed by atoms with Gasteiger partial charge in [-0.25, -0.2) is 0 Å². The van der Waals surface area contributed by atoms with Gasteiger partial charge in [-0.1, -0.05) is 35.4 Å². The molecule has 0 bridgehead atoms. The molecule has 23 heavy (non-hydrogen) atoms. The maximum absolute atomic E-state index is 4.22. The third-order valence-electron chi connectivity index (χ3n) is 3.25. The van der Waals surface area contributed by atoms with Gasteiger partial charge in [-0.3, -0.25) is 9.97 Å². The Morgan fingerprint density at radius 2 is 0.913 bits per heavy atom. The Labute approximate surface area is 147 Å². The van der Waals surface area contributed by atoms with Crippen LogP contribution in [0.3, 0.4) is 0 Å². The SMILES string of the molecule is [Fe+2].c1ccc(-[c-]2cccc2)nc1.c1ccc(-[c-]2cccc2)nc1. The van der Waals surface area contributed by atoms with Gasteiger partial charge in [-0.2, -0.15) is 24.3 Å². The summed E-state index contributed by atoms with van der Waals surface area (Å²) in [5.74, 6) is 0. The van der Waals surface area contributed by atoms with Crippen molar-refractivity contribution < 1.29 is 17.1 Å². The summed E-state index contributed by atoms with van der Waals surface area (Å²) in [5, 5.41) is 0. The molecule has 0 amide bonds. The Morgan fingerprint density at radius 3 is 1.22 bits per heavy atom. The largest absolute Gasteiger partial charge is 2.00 e. The van der Waals surface area contributed by atoms with E-state index in [9.17, 15) is 0 Å². The van der Waals surface area contributed by atoms with Crippen LogP contribution in [-0.4, -0.2) is 9.97 Å². The molecule has 3 heteroatoms. The number of hydrogen-bond acceptors (Lipinski definition) is 2. The van der Waals surface area contributed by atoms with Gasteiger partial charge in [0.1, 0.15) is 0 Å². The van der Waals surface area contributed by atoms with E-state index in [0.29, 0.717) is 0 Å². The maximum atomic E-state index is 4.22. The molecular formula is C20H16FeN2. The predicted octanol–water partition coefficient (Wildman–Crippen LogP) is 4.93. The van der Waals surface area contributed by atoms with E-state index in [1.807, 2.05) is 73.1 Å². The molecule has 114 valence electrons. The van der Waals surface area contributed by atoms with E-state index >= 15 is 0 Å². The van der Waals surface area contributed by atoms with Gasteiger partial charge in [0, 0.05) is 12.4 Å². The molecule has 0 saturated carbocycles. The van der Waals surface area contributed by atoms with E-state index < -0.39 is 0 Å². The molecule has 0 aliphatic rings. The number of nitrogens with zero attached hydrogens (tertiary/aromatic N) is 2. The Balaban J connectivity index is 0.000000160. The van der Waals surface area contributed by atoms with Gasteiger partial charge in [0.25, 0.3) is 0 Å². The first-order chi connectivity index (χ1) is 10.9. The van der Waals surface area contributed by atoms with E-state index in [2.05, 4.69) is 34.2 Å². The summed E-state index contributed by atoms with van der Waals surface area (Å²) in [6.07, 6.45) is 3.62. The van der Waals surface area contributed by atoms with Crippen LogP contribution in [0.15, 0.2) is 97.3 Å². The van der Waals surface area contributed by atoms with Gasteiger partial charge in [-0.15, -0.1) is 36.4 Å². The molecular weight excluding hydrogens is 324 g/mol. The molecule has 4 aromatic rings. The van der Waals surface area contributed by atoms with Crippen molar-refractivity contribution in [2.75, 3.05) is 0 Å². The third kappa shape index (κ3) is 4.75. The monoisotopic (exact) mass is 340 g/mol. The number of aromatic nitrogens is 2. The summed E-state index contributed by atoms with van der Waals surface area (Å²) in [5.41, 5.74) is 4.45. The minimum absolute atomic E-state index is 0. The summed E-state index contributed by atoms with van der Waals surface area (Å²) in [6.45, 7) is 0. The van der Waals surface area contributed by atoms with E-state index in [1.165, 1.54) is 11.1 Å². The minimum atomic E-state index is 0. The zero-order valence-electron chi connectivity index (χ0n) is 12.5. The average Bonchev–Trinajstić information content (AvgIpc) is 3.31. The van der Waals surface area contributed by atoms with Crippen molar-refractivity contribution in [2.45, 2.75) is 0 Å². The summed E-state index contributed by atoms with van der Waals surface area (Å²) in [4.78, 5) is 8.44. The van der Waals surface area contributed by atoms with E-state index in [-0.39, 0.29) is 17.1 Å². The van der Waals surface area contributed by atoms with Crippen LogP contribution in [0.2, 0.25) is 0 Å². The summed E-state index contributed by atoms with van der Waals surface area (Å²) < 4.78 is 0. The molecule has 0 radical (unpaired) electrons. The fourth-order valence-electron chi connectivity index (χ4n) is 2.16. The molecule has 0 saturated heterocycles. The molecule has 2 aromatic heterocycles. The second kappa shape index (κ2) is 8.84. The van der Waals surface area contributed by atoms with Crippen molar-refractivity contribution in [3.63, 3.8) is 0 Å². The minimum Gasteiger partial charge on any atom is -0.276 e. The van der Waals surface area contributed by atoms with Crippen LogP contribution < -0.4 is 0 Å². The van der Waals surface area contributed by atoms with Crippen molar-refractivity contribution in [1.82, 2.24) is 9.97 Å². The summed E-state index contributed by atoms with van der Waals surface area (Å²) >= 11 is 0. The second-order valence-electron chi connectivity index (χ2n) is 4.78. The Bertz CT molecular complexity index is 691. The first-order valence-corrected chi connectivity index (χ1v) is 7.20. The predicted molar refractivity (Wildman–Crippen MR) is 90.5 cm³/mol. The topological polar surface area (TPSA) is 25.8 Å². The zero-order chi connectivity index (χ0) is 15.0. The van der Waals surface area contributed by atoms with Gasteiger partial charge in [-0.05, 0) is 11.4 Å². The van der Waals surface area contributed by atoms with E-state index in [1.54, 1.807) is 0 Å². The van der Waals surface area contributed by atoms with Crippen molar-refractivity contribution in [3.05, 3.63) is 97.3 Å². The van der Waals surface area contributed by atoms with Gasteiger partial charge in [0.15, 0.2) is 0 Å². The smallest absolute Gasteiger partial charge is 0.276 e. The van der Waals surface area contributed by atoms with Gasteiger partial charge < -0.3 is 0 Å². The molecule has 0 aliphatic heterocycles. The first kappa shape index (κ1) is 16.9. The molecule has 0 atom stereocenters. The summed E-state index contributed by atoms with van der Waals surface area (Å²) in [6, 6.07) is 28.2. The molecule has 0 aliphatic carbocycles. The average molecular weight is 340 g/mol. The van der Waals surface area contributed by atoms with E-state index in [0.717, 1.165) is 11.4 Å². The van der Waals surface area contributed by atoms with Crippen molar-refractivity contribution in [1.29, 1.82) is 0 Å². The zero-order valence-corrected chi connectivity index (χ0v) is 13.6. The van der Waals surface area contributed by atoms with Crippen LogP contribution >= 0.6 is 0 Å². The molecule has 0 unspecified atom stereocenters. The molecule has 2 aromatic carbocycles. The molecule has 0 spiro atoms. The van der Waals surface area contributed by atoms with Gasteiger partial charge in [0.2, 0.25) is 0 Å². The fourth-order valence-corrected chi connectivity index (χ4v) is 2.16. The molecule has 0 fully saturated rings. The first-order valence-electron chi connectivity index (χ1n) is 7.20. The van der Waals surface area contributed by atoms with Gasteiger partial charge in [0.05, 0.1) is 0 Å². The number of pyridine rings is 2. The fraction of sp³-hybridized carbons (Fsp3) is 0. The van der Waals surface area contributed by atoms with Crippen LogP contribution in [0.1, 0.15) is 0 Å². The van der Waals surface area contributed by atoms with Crippen LogP contribution in [0.5, 0.6) is 0 Å². The molecule has 2 nitrogen and oxygen atoms in total. The maximum Gasteiger partial charge on any atom is 2.00 e. The third-order valence-corrected chi connectivity index (χ3v) is 3.25. The normalized spacial score (nSPS) is 9.39. The van der Waals surface area contributed by atoms with Crippen LogP contribution in [0, 0.1) is 0 Å². The Morgan fingerprint density at radius 1 is 0.522 bits per heavy atom. The van der Waals surface area contributed by atoms with Crippen LogP contribution in [0.25, 0.3) is 22.5 Å². The van der Waals surface area contributed by atoms with Crippen LogP contribution in [-0.2, 0) is 17.1 Å². The number of rotatable bonds is 2. The van der Waals surface area contributed by atoms with Crippen molar-refractivity contribution in [3.8, 4) is 22.5 Å². The molecule has 4 rings (SSSR count). The Kier molecular flexibility index (Phi) is 6.49. The second-order valence-corrected chi connectivity index (χ2v) is 4.78. The molecule has 2 heterocycles.